The quantitative estimate of drug-likeness (QED) is 0.211. The molecule has 0 saturated heterocycles. The molecule has 1 N–H and O–H groups in total. The Morgan fingerprint density at radius 1 is 0.816 bits per heavy atom. The molecule has 188 valence electrons. The molecule has 4 heterocycles. The van der Waals surface area contributed by atoms with Gasteiger partial charge in [-0.1, -0.05) is 34.7 Å². The van der Waals surface area contributed by atoms with Crippen LogP contribution >= 0.6 is 0 Å². The van der Waals surface area contributed by atoms with E-state index >= 15 is 0 Å². The summed E-state index contributed by atoms with van der Waals surface area (Å²) in [5.74, 6) is 0.569. The highest BCUT2D eigenvalue weighted by Gasteiger charge is 2.11. The van der Waals surface area contributed by atoms with Crippen LogP contribution in [0.2, 0.25) is 0 Å². The topological polar surface area (TPSA) is 171 Å². The van der Waals surface area contributed by atoms with Gasteiger partial charge in [0, 0.05) is 13.0 Å². The molecule has 0 radical (unpaired) electrons. The molecule has 6 aromatic rings. The average molecular weight is 510 g/mol. The van der Waals surface area contributed by atoms with E-state index < -0.39 is 10.8 Å². The van der Waals surface area contributed by atoms with Crippen LogP contribution in [0.1, 0.15) is 6.92 Å². The third kappa shape index (κ3) is 4.74. The number of carbonyl (C=O) groups excluding carboxylic acids is 1. The lowest BCUT2D eigenvalue weighted by atomic mass is 10.3. The molecule has 0 fully saturated rings. The molecular formula is C24H18N10O4. The molecule has 14 heteroatoms. The molecule has 6 rings (SSSR count). The maximum atomic E-state index is 11.1. The summed E-state index contributed by atoms with van der Waals surface area (Å²) in [6.45, 7) is 1.26. The van der Waals surface area contributed by atoms with E-state index in [9.17, 15) is 20.1 Å². The Hall–Kier alpha value is -5.63. The zero-order chi connectivity index (χ0) is 26.6. The van der Waals surface area contributed by atoms with E-state index in [0.29, 0.717) is 22.4 Å². The van der Waals surface area contributed by atoms with Crippen LogP contribution in [0.15, 0.2) is 85.2 Å². The molecule has 38 heavy (non-hydrogen) atoms. The first-order chi connectivity index (χ1) is 18.4. The summed E-state index contributed by atoms with van der Waals surface area (Å²) in [4.78, 5) is 29.3. The normalized spacial score (nSPS) is 10.7. The van der Waals surface area contributed by atoms with Gasteiger partial charge in [-0.3, -0.25) is 20.1 Å². The van der Waals surface area contributed by atoms with Crippen LogP contribution in [0, 0.1) is 10.1 Å². The Morgan fingerprint density at radius 2 is 1.34 bits per heavy atom. The second-order valence-electron chi connectivity index (χ2n) is 7.82. The van der Waals surface area contributed by atoms with Crippen molar-refractivity contribution in [2.24, 2.45) is 0 Å². The fraction of sp³-hybridized carbons (Fsp3) is 0.0417. The van der Waals surface area contributed by atoms with Crippen LogP contribution in [0.25, 0.3) is 33.7 Å². The Kier molecular flexibility index (Phi) is 6.44. The number of aromatic nitrogens is 8. The van der Waals surface area contributed by atoms with Gasteiger partial charge >= 0.3 is 0 Å². The number of para-hydroxylation sites is 2. The lowest BCUT2D eigenvalue weighted by molar-refractivity contribution is -0.385. The minimum atomic E-state index is -0.490. The van der Waals surface area contributed by atoms with Crippen molar-refractivity contribution in [3.63, 3.8) is 0 Å². The van der Waals surface area contributed by atoms with Gasteiger partial charge < -0.3 is 0 Å². The van der Waals surface area contributed by atoms with E-state index in [-0.39, 0.29) is 5.69 Å². The van der Waals surface area contributed by atoms with Gasteiger partial charge in [-0.2, -0.15) is 14.4 Å². The van der Waals surface area contributed by atoms with Crippen molar-refractivity contribution >= 4 is 39.3 Å². The van der Waals surface area contributed by atoms with Crippen molar-refractivity contribution in [3.8, 4) is 11.6 Å². The van der Waals surface area contributed by atoms with Gasteiger partial charge in [-0.25, -0.2) is 9.97 Å². The zero-order valence-electron chi connectivity index (χ0n) is 19.7. The summed E-state index contributed by atoms with van der Waals surface area (Å²) in [6.07, 6.45) is 2.60. The van der Waals surface area contributed by atoms with Crippen LogP contribution in [-0.2, 0) is 4.79 Å². The van der Waals surface area contributed by atoms with Crippen LogP contribution in [0.3, 0.4) is 0 Å². The van der Waals surface area contributed by atoms with E-state index in [1.165, 1.54) is 25.4 Å². The summed E-state index contributed by atoms with van der Waals surface area (Å²) in [5.41, 5.74) is 3.40. The van der Waals surface area contributed by atoms with Crippen LogP contribution in [0.4, 0.5) is 11.4 Å². The van der Waals surface area contributed by atoms with Crippen molar-refractivity contribution in [2.45, 2.75) is 6.92 Å². The van der Waals surface area contributed by atoms with Crippen LogP contribution < -0.4 is 5.06 Å². The second-order valence-corrected chi connectivity index (χ2v) is 7.82. The van der Waals surface area contributed by atoms with Crippen molar-refractivity contribution in [1.29, 1.82) is 0 Å². The van der Waals surface area contributed by atoms with Crippen molar-refractivity contribution < 1.29 is 14.9 Å². The van der Waals surface area contributed by atoms with Crippen LogP contribution in [0.5, 0.6) is 0 Å². The molecule has 0 atom stereocenters. The van der Waals surface area contributed by atoms with Gasteiger partial charge in [-0.05, 0) is 42.5 Å². The molecule has 14 nitrogen and oxygen atoms in total. The van der Waals surface area contributed by atoms with E-state index in [1.54, 1.807) is 27.6 Å². The Morgan fingerprint density at radius 3 is 1.79 bits per heavy atom. The number of fused-ring (bicyclic) bond motifs is 2. The highest BCUT2D eigenvalue weighted by Crippen LogP contribution is 2.18. The average Bonchev–Trinajstić information content (AvgIpc) is 3.58. The van der Waals surface area contributed by atoms with Gasteiger partial charge in [0.05, 0.1) is 27.8 Å². The zero-order valence-corrected chi connectivity index (χ0v) is 19.7. The lowest BCUT2D eigenvalue weighted by Crippen LogP contribution is -2.23. The maximum absolute atomic E-state index is 11.1. The van der Waals surface area contributed by atoms with E-state index in [2.05, 4.69) is 30.6 Å². The molecule has 0 aliphatic rings. The van der Waals surface area contributed by atoms with E-state index in [4.69, 9.17) is 0 Å². The predicted octanol–water partition coefficient (Wildman–Crippen LogP) is 3.28. The van der Waals surface area contributed by atoms with Gasteiger partial charge in [0.15, 0.2) is 11.6 Å². The number of carbonyl (C=O) groups is 1. The predicted molar refractivity (Wildman–Crippen MR) is 135 cm³/mol. The number of hydrogen-bond acceptors (Lipinski definition) is 10. The largest absolute Gasteiger partial charge is 0.287 e. The molecule has 2 aromatic carbocycles. The summed E-state index contributed by atoms with van der Waals surface area (Å²) >= 11 is 0. The first kappa shape index (κ1) is 24.1. The first-order valence-corrected chi connectivity index (χ1v) is 11.1. The Labute approximate surface area is 213 Å². The number of amides is 1. The minimum absolute atomic E-state index is 0.0526. The third-order valence-electron chi connectivity index (χ3n) is 5.36. The summed E-state index contributed by atoms with van der Waals surface area (Å²) < 4.78 is 3.13. The lowest BCUT2D eigenvalue weighted by Gasteiger charge is -2.12. The number of nitrogens with zero attached hydrogens (tertiary/aromatic N) is 10. The molecule has 0 bridgehead atoms. The monoisotopic (exact) mass is 510 g/mol. The maximum Gasteiger partial charge on any atom is 0.287 e. The molecule has 4 aromatic heterocycles. The summed E-state index contributed by atoms with van der Waals surface area (Å²) in [5, 5.41) is 36.6. The molecular weight excluding hydrogens is 492 g/mol. The SMILES string of the molecule is CC(=O)N(O)c1ccc(-n2nnc3ccccc32)nc1.O=[N+]([O-])c1ccc(-n2nnc3ccccc32)nc1. The highest BCUT2D eigenvalue weighted by molar-refractivity contribution is 5.88. The number of rotatable bonds is 4. The van der Waals surface area contributed by atoms with E-state index in [0.717, 1.165) is 22.1 Å². The fourth-order valence-electron chi connectivity index (χ4n) is 3.50. The highest BCUT2D eigenvalue weighted by atomic mass is 16.6. The molecule has 0 aliphatic carbocycles. The number of anilines is 1. The van der Waals surface area contributed by atoms with Gasteiger partial charge in [0.2, 0.25) is 5.91 Å². The van der Waals surface area contributed by atoms with Gasteiger partial charge in [-0.15, -0.1) is 10.2 Å². The van der Waals surface area contributed by atoms with Crippen molar-refractivity contribution in [3.05, 3.63) is 95.3 Å². The standard InChI is InChI=1S/C13H11N5O2.C11H7N5O2/c1-9(19)18(20)10-6-7-13(14-8-10)17-12-5-3-2-4-11(12)15-16-17;17-16(18)8-5-6-11(12-7-8)15-10-4-2-1-3-9(10)13-14-15/h2-8,20H,1H3;1-7H. The van der Waals surface area contributed by atoms with Gasteiger partial charge in [0.1, 0.15) is 17.2 Å². The number of hydroxylamine groups is 1. The number of pyridine rings is 2. The van der Waals surface area contributed by atoms with Crippen molar-refractivity contribution in [1.82, 2.24) is 40.0 Å². The molecule has 0 aliphatic heterocycles. The minimum Gasteiger partial charge on any atom is -0.281 e. The van der Waals surface area contributed by atoms with Crippen LogP contribution in [-0.4, -0.2) is 56.0 Å². The first-order valence-electron chi connectivity index (χ1n) is 11.1. The second kappa shape index (κ2) is 10.2. The number of benzene rings is 2. The molecule has 0 saturated carbocycles. The Bertz CT molecular complexity index is 1750. The summed E-state index contributed by atoms with van der Waals surface area (Å²) in [7, 11) is 0. The van der Waals surface area contributed by atoms with E-state index in [1.807, 2.05) is 48.5 Å². The third-order valence-corrected chi connectivity index (χ3v) is 5.36. The Balaban J connectivity index is 0.000000156. The number of nitro groups is 1. The van der Waals surface area contributed by atoms with Crippen molar-refractivity contribution in [2.75, 3.05) is 5.06 Å². The molecule has 0 spiro atoms. The molecule has 1 amide bonds. The van der Waals surface area contributed by atoms with Gasteiger partial charge in [0.25, 0.3) is 5.69 Å². The summed E-state index contributed by atoms with van der Waals surface area (Å²) in [6, 6.07) is 21.1. The molecule has 0 unspecified atom stereocenters. The smallest absolute Gasteiger partial charge is 0.281 e. The fourth-order valence-corrected chi connectivity index (χ4v) is 3.50. The number of hydrogen-bond donors (Lipinski definition) is 1.